The summed E-state index contributed by atoms with van der Waals surface area (Å²) in [7, 11) is 0. The number of benzene rings is 1. The highest BCUT2D eigenvalue weighted by Crippen LogP contribution is 2.20. The number of amides is 1. The number of aryl methyl sites for hydroxylation is 3. The first-order chi connectivity index (χ1) is 10.5. The minimum absolute atomic E-state index is 0.241. The van der Waals surface area contributed by atoms with E-state index >= 15 is 0 Å². The zero-order chi connectivity index (χ0) is 16.1. The van der Waals surface area contributed by atoms with E-state index in [-0.39, 0.29) is 5.91 Å². The predicted molar refractivity (Wildman–Crippen MR) is 88.5 cm³/mol. The SMILES string of the molecule is C=CCNC(=O)c1cc(C)nc(Nc2cc(C)ccc2C)n1. The molecule has 5 heteroatoms. The maximum Gasteiger partial charge on any atom is 0.270 e. The average molecular weight is 296 g/mol. The van der Waals surface area contributed by atoms with E-state index in [1.807, 2.05) is 39.0 Å². The van der Waals surface area contributed by atoms with Crippen LogP contribution in [-0.2, 0) is 0 Å². The van der Waals surface area contributed by atoms with Crippen molar-refractivity contribution in [1.29, 1.82) is 0 Å². The molecule has 1 heterocycles. The second-order valence-corrected chi connectivity index (χ2v) is 5.16. The van der Waals surface area contributed by atoms with Crippen LogP contribution in [0.5, 0.6) is 0 Å². The van der Waals surface area contributed by atoms with Gasteiger partial charge in [-0.25, -0.2) is 9.97 Å². The molecule has 0 fully saturated rings. The maximum atomic E-state index is 12.0. The second-order valence-electron chi connectivity index (χ2n) is 5.16. The molecule has 2 aromatic rings. The summed E-state index contributed by atoms with van der Waals surface area (Å²) in [6, 6.07) is 7.77. The first kappa shape index (κ1) is 15.7. The van der Waals surface area contributed by atoms with Gasteiger partial charge in [0.15, 0.2) is 0 Å². The Morgan fingerprint density at radius 1 is 1.23 bits per heavy atom. The Hall–Kier alpha value is -2.69. The fourth-order valence-electron chi connectivity index (χ4n) is 1.99. The van der Waals surface area contributed by atoms with Gasteiger partial charge >= 0.3 is 0 Å². The molecule has 0 spiro atoms. The third-order valence-corrected chi connectivity index (χ3v) is 3.13. The molecule has 1 aromatic carbocycles. The molecule has 5 nitrogen and oxygen atoms in total. The van der Waals surface area contributed by atoms with Crippen molar-refractivity contribution < 1.29 is 4.79 Å². The molecule has 1 aromatic heterocycles. The summed E-state index contributed by atoms with van der Waals surface area (Å²) in [5.74, 6) is 0.173. The first-order valence-corrected chi connectivity index (χ1v) is 7.08. The van der Waals surface area contributed by atoms with Crippen molar-refractivity contribution in [2.24, 2.45) is 0 Å². The first-order valence-electron chi connectivity index (χ1n) is 7.08. The van der Waals surface area contributed by atoms with Crippen molar-refractivity contribution in [3.05, 3.63) is 59.4 Å². The third kappa shape index (κ3) is 3.91. The van der Waals surface area contributed by atoms with Crippen LogP contribution in [0.4, 0.5) is 11.6 Å². The summed E-state index contributed by atoms with van der Waals surface area (Å²) in [4.78, 5) is 20.6. The molecule has 0 aliphatic rings. The highest BCUT2D eigenvalue weighted by Gasteiger charge is 2.10. The molecule has 2 N–H and O–H groups in total. The molecular weight excluding hydrogens is 276 g/mol. The van der Waals surface area contributed by atoms with Crippen LogP contribution >= 0.6 is 0 Å². The van der Waals surface area contributed by atoms with Crippen LogP contribution in [0.2, 0.25) is 0 Å². The van der Waals surface area contributed by atoms with Crippen LogP contribution in [0.15, 0.2) is 36.9 Å². The summed E-state index contributed by atoms with van der Waals surface area (Å²) in [6.07, 6.45) is 1.63. The van der Waals surface area contributed by atoms with E-state index in [1.165, 1.54) is 0 Å². The zero-order valence-electron chi connectivity index (χ0n) is 13.1. The Labute approximate surface area is 130 Å². The lowest BCUT2D eigenvalue weighted by atomic mass is 10.1. The van der Waals surface area contributed by atoms with Crippen LogP contribution < -0.4 is 10.6 Å². The molecule has 0 aliphatic carbocycles. The van der Waals surface area contributed by atoms with Crippen molar-refractivity contribution in [1.82, 2.24) is 15.3 Å². The van der Waals surface area contributed by atoms with E-state index in [9.17, 15) is 4.79 Å². The third-order valence-electron chi connectivity index (χ3n) is 3.13. The molecule has 0 saturated heterocycles. The minimum Gasteiger partial charge on any atom is -0.347 e. The van der Waals surface area contributed by atoms with Crippen molar-refractivity contribution >= 4 is 17.5 Å². The Bertz CT molecular complexity index is 710. The van der Waals surface area contributed by atoms with Gasteiger partial charge in [0.1, 0.15) is 5.69 Å². The average Bonchev–Trinajstić information content (AvgIpc) is 2.48. The number of aromatic nitrogens is 2. The van der Waals surface area contributed by atoms with Gasteiger partial charge in [0.25, 0.3) is 5.91 Å². The summed E-state index contributed by atoms with van der Waals surface area (Å²) in [6.45, 7) is 9.85. The molecule has 1 amide bonds. The van der Waals surface area contributed by atoms with Gasteiger partial charge in [-0.1, -0.05) is 18.2 Å². The van der Waals surface area contributed by atoms with Gasteiger partial charge in [0.2, 0.25) is 5.95 Å². The monoisotopic (exact) mass is 296 g/mol. The molecule has 0 radical (unpaired) electrons. The number of rotatable bonds is 5. The molecule has 0 saturated carbocycles. The summed E-state index contributed by atoms with van der Waals surface area (Å²) in [5, 5.41) is 5.90. The van der Waals surface area contributed by atoms with Crippen molar-refractivity contribution in [3.8, 4) is 0 Å². The van der Waals surface area contributed by atoms with E-state index < -0.39 is 0 Å². The fourth-order valence-corrected chi connectivity index (χ4v) is 1.99. The number of anilines is 2. The van der Waals surface area contributed by atoms with Gasteiger partial charge in [0, 0.05) is 17.9 Å². The number of nitrogens with zero attached hydrogens (tertiary/aromatic N) is 2. The van der Waals surface area contributed by atoms with Crippen molar-refractivity contribution in [2.75, 3.05) is 11.9 Å². The van der Waals surface area contributed by atoms with E-state index in [4.69, 9.17) is 0 Å². The predicted octanol–water partition coefficient (Wildman–Crippen LogP) is 3.06. The minimum atomic E-state index is -0.241. The second kappa shape index (κ2) is 6.85. The molecule has 0 bridgehead atoms. The zero-order valence-corrected chi connectivity index (χ0v) is 13.1. The van der Waals surface area contributed by atoms with E-state index in [0.717, 1.165) is 22.5 Å². The molecular formula is C17H20N4O. The number of hydrogen-bond donors (Lipinski definition) is 2. The van der Waals surface area contributed by atoms with Crippen molar-refractivity contribution in [3.63, 3.8) is 0 Å². The highest BCUT2D eigenvalue weighted by molar-refractivity contribution is 5.92. The molecule has 0 unspecified atom stereocenters. The standard InChI is InChI=1S/C17H20N4O/c1-5-8-18-16(22)15-10-13(4)19-17(21-15)20-14-9-11(2)6-7-12(14)3/h5-7,9-10H,1,8H2,2-4H3,(H,18,22)(H,19,20,21). The Kier molecular flexibility index (Phi) is 4.88. The Morgan fingerprint density at radius 3 is 2.73 bits per heavy atom. The lowest BCUT2D eigenvalue weighted by Gasteiger charge is -2.11. The summed E-state index contributed by atoms with van der Waals surface area (Å²) in [5.41, 5.74) is 4.23. The van der Waals surface area contributed by atoms with Gasteiger partial charge in [-0.3, -0.25) is 4.79 Å². The van der Waals surface area contributed by atoms with Crippen molar-refractivity contribution in [2.45, 2.75) is 20.8 Å². The van der Waals surface area contributed by atoms with Crippen LogP contribution in [0.3, 0.4) is 0 Å². The van der Waals surface area contributed by atoms with E-state index in [1.54, 1.807) is 12.1 Å². The van der Waals surface area contributed by atoms with Gasteiger partial charge in [-0.05, 0) is 44.0 Å². The lowest BCUT2D eigenvalue weighted by Crippen LogP contribution is -2.24. The van der Waals surface area contributed by atoms with Gasteiger partial charge < -0.3 is 10.6 Å². The molecule has 2 rings (SSSR count). The highest BCUT2D eigenvalue weighted by atomic mass is 16.1. The number of carbonyl (C=O) groups excluding carboxylic acids is 1. The van der Waals surface area contributed by atoms with Gasteiger partial charge in [-0.2, -0.15) is 0 Å². The van der Waals surface area contributed by atoms with Crippen LogP contribution in [0, 0.1) is 20.8 Å². The summed E-state index contributed by atoms with van der Waals surface area (Å²) >= 11 is 0. The van der Waals surface area contributed by atoms with E-state index in [2.05, 4.69) is 27.2 Å². The van der Waals surface area contributed by atoms with Crippen LogP contribution in [0.1, 0.15) is 27.3 Å². The molecule has 0 aliphatic heterocycles. The molecule has 22 heavy (non-hydrogen) atoms. The topological polar surface area (TPSA) is 66.9 Å². The quantitative estimate of drug-likeness (QED) is 0.832. The smallest absolute Gasteiger partial charge is 0.270 e. The van der Waals surface area contributed by atoms with E-state index in [0.29, 0.717) is 18.2 Å². The Morgan fingerprint density at radius 2 is 2.00 bits per heavy atom. The number of carbonyl (C=O) groups is 1. The number of nitrogens with one attached hydrogen (secondary N) is 2. The van der Waals surface area contributed by atoms with Crippen LogP contribution in [0.25, 0.3) is 0 Å². The van der Waals surface area contributed by atoms with Gasteiger partial charge in [0.05, 0.1) is 0 Å². The fraction of sp³-hybridized carbons (Fsp3) is 0.235. The van der Waals surface area contributed by atoms with Crippen LogP contribution in [-0.4, -0.2) is 22.4 Å². The summed E-state index contributed by atoms with van der Waals surface area (Å²) < 4.78 is 0. The lowest BCUT2D eigenvalue weighted by molar-refractivity contribution is 0.0953. The molecule has 0 atom stereocenters. The Balaban J connectivity index is 2.28. The van der Waals surface area contributed by atoms with Gasteiger partial charge in [-0.15, -0.1) is 6.58 Å². The number of hydrogen-bond acceptors (Lipinski definition) is 4. The normalized spacial score (nSPS) is 10.1. The maximum absolute atomic E-state index is 12.0. The largest absolute Gasteiger partial charge is 0.347 e. The molecule has 114 valence electrons.